The summed E-state index contributed by atoms with van der Waals surface area (Å²) in [7, 11) is 0. The summed E-state index contributed by atoms with van der Waals surface area (Å²) in [5.74, 6) is 0. The minimum Gasteiger partial charge on any atom is -0.389 e. The molecule has 3 N–H and O–H groups in total. The third-order valence-electron chi connectivity index (χ3n) is 3.56. The summed E-state index contributed by atoms with van der Waals surface area (Å²) in [5, 5.41) is 15.0. The molecule has 0 radical (unpaired) electrons. The van der Waals surface area contributed by atoms with Crippen LogP contribution in [0.5, 0.6) is 0 Å². The second-order valence-electron chi connectivity index (χ2n) is 5.64. The monoisotopic (exact) mass is 237 g/mol. The van der Waals surface area contributed by atoms with Gasteiger partial charge in [-0.05, 0) is 45.6 Å². The van der Waals surface area contributed by atoms with Gasteiger partial charge in [0.1, 0.15) is 0 Å². The molecule has 2 unspecified atom stereocenters. The third-order valence-corrected chi connectivity index (χ3v) is 3.56. The average Bonchev–Trinajstić information content (AvgIpc) is 2.64. The first-order valence-corrected chi connectivity index (χ1v) is 6.50. The maximum Gasteiger partial charge on any atom is 0.0718 e. The molecule has 1 aromatic heterocycles. The predicted octanol–water partition coefficient (Wildman–Crippen LogP) is 1.64. The zero-order valence-corrected chi connectivity index (χ0v) is 10.8. The van der Waals surface area contributed by atoms with Crippen molar-refractivity contribution in [2.24, 2.45) is 5.73 Å². The van der Waals surface area contributed by atoms with Gasteiger partial charge in [-0.3, -0.25) is 4.68 Å². The van der Waals surface area contributed by atoms with Gasteiger partial charge in [-0.25, -0.2) is 0 Å². The van der Waals surface area contributed by atoms with Crippen LogP contribution in [0.3, 0.4) is 0 Å². The molecule has 17 heavy (non-hydrogen) atoms. The number of hydrogen-bond donors (Lipinski definition) is 2. The van der Waals surface area contributed by atoms with Gasteiger partial charge in [-0.15, -0.1) is 0 Å². The van der Waals surface area contributed by atoms with Crippen LogP contribution in [0.15, 0.2) is 12.3 Å². The third kappa shape index (κ3) is 3.07. The standard InChI is InChI=1S/C13H23N3O/c1-10(2)16-7-5-12(15-16)9-13(17)6-3-4-11(14)8-13/h5,7,10-11,17H,3-4,6,8-9,14H2,1-2H3. The Balaban J connectivity index is 2.03. The molecule has 96 valence electrons. The van der Waals surface area contributed by atoms with Gasteiger partial charge in [0.2, 0.25) is 0 Å². The van der Waals surface area contributed by atoms with Crippen LogP contribution in [0.4, 0.5) is 0 Å². The molecule has 1 heterocycles. The first kappa shape index (κ1) is 12.6. The highest BCUT2D eigenvalue weighted by Gasteiger charge is 2.33. The van der Waals surface area contributed by atoms with Crippen molar-refractivity contribution in [1.82, 2.24) is 9.78 Å². The van der Waals surface area contributed by atoms with Crippen molar-refractivity contribution in [3.05, 3.63) is 18.0 Å². The molecule has 1 aromatic rings. The Morgan fingerprint density at radius 3 is 3.00 bits per heavy atom. The Kier molecular flexibility index (Phi) is 3.54. The average molecular weight is 237 g/mol. The molecule has 2 atom stereocenters. The SMILES string of the molecule is CC(C)n1ccc(CC2(O)CCCC(N)C2)n1. The fraction of sp³-hybridized carbons (Fsp3) is 0.769. The number of nitrogens with two attached hydrogens (primary N) is 1. The van der Waals surface area contributed by atoms with Crippen molar-refractivity contribution < 1.29 is 5.11 Å². The van der Waals surface area contributed by atoms with Crippen molar-refractivity contribution in [2.45, 2.75) is 63.6 Å². The molecule has 4 heteroatoms. The van der Waals surface area contributed by atoms with Crippen LogP contribution in [0.1, 0.15) is 51.3 Å². The van der Waals surface area contributed by atoms with Gasteiger partial charge in [-0.1, -0.05) is 0 Å². The summed E-state index contributed by atoms with van der Waals surface area (Å²) >= 11 is 0. The van der Waals surface area contributed by atoms with Gasteiger partial charge in [0.05, 0.1) is 11.3 Å². The van der Waals surface area contributed by atoms with E-state index in [9.17, 15) is 5.11 Å². The topological polar surface area (TPSA) is 64.1 Å². The van der Waals surface area contributed by atoms with Gasteiger partial charge < -0.3 is 10.8 Å². The molecule has 1 saturated carbocycles. The van der Waals surface area contributed by atoms with E-state index in [0.717, 1.165) is 25.0 Å². The molecule has 0 saturated heterocycles. The van der Waals surface area contributed by atoms with Gasteiger partial charge in [-0.2, -0.15) is 5.10 Å². The van der Waals surface area contributed by atoms with Gasteiger partial charge >= 0.3 is 0 Å². The fourth-order valence-electron chi connectivity index (χ4n) is 2.64. The highest BCUT2D eigenvalue weighted by Crippen LogP contribution is 2.30. The Labute approximate surface area is 103 Å². The number of aliphatic hydroxyl groups is 1. The molecule has 0 aliphatic heterocycles. The minimum atomic E-state index is -0.645. The number of aromatic nitrogens is 2. The zero-order chi connectivity index (χ0) is 12.5. The maximum absolute atomic E-state index is 10.5. The van der Waals surface area contributed by atoms with E-state index in [-0.39, 0.29) is 6.04 Å². The summed E-state index contributed by atoms with van der Waals surface area (Å²) in [6.45, 7) is 4.20. The van der Waals surface area contributed by atoms with E-state index in [4.69, 9.17) is 5.73 Å². The van der Waals surface area contributed by atoms with Crippen LogP contribution >= 0.6 is 0 Å². The highest BCUT2D eigenvalue weighted by molar-refractivity contribution is 5.06. The van der Waals surface area contributed by atoms with Gasteiger partial charge in [0.15, 0.2) is 0 Å². The second kappa shape index (κ2) is 4.78. The van der Waals surface area contributed by atoms with E-state index in [2.05, 4.69) is 18.9 Å². The lowest BCUT2D eigenvalue weighted by Gasteiger charge is -2.34. The first-order chi connectivity index (χ1) is 7.98. The summed E-state index contributed by atoms with van der Waals surface area (Å²) in [5.41, 5.74) is 6.25. The summed E-state index contributed by atoms with van der Waals surface area (Å²) in [6, 6.07) is 2.51. The molecule has 0 aromatic carbocycles. The maximum atomic E-state index is 10.5. The lowest BCUT2D eigenvalue weighted by molar-refractivity contribution is -0.00283. The van der Waals surface area contributed by atoms with Crippen LogP contribution in [0.25, 0.3) is 0 Å². The van der Waals surface area contributed by atoms with Crippen molar-refractivity contribution >= 4 is 0 Å². The van der Waals surface area contributed by atoms with Crippen molar-refractivity contribution in [2.75, 3.05) is 0 Å². The first-order valence-electron chi connectivity index (χ1n) is 6.50. The molecule has 0 bridgehead atoms. The minimum absolute atomic E-state index is 0.140. The molecule has 1 aliphatic carbocycles. The predicted molar refractivity (Wildman–Crippen MR) is 67.7 cm³/mol. The van der Waals surface area contributed by atoms with E-state index < -0.39 is 5.60 Å². The molecular weight excluding hydrogens is 214 g/mol. The van der Waals surface area contributed by atoms with Crippen molar-refractivity contribution in [1.29, 1.82) is 0 Å². The summed E-state index contributed by atoms with van der Waals surface area (Å²) in [4.78, 5) is 0. The normalized spacial score (nSPS) is 29.8. The largest absolute Gasteiger partial charge is 0.389 e. The Morgan fingerprint density at radius 2 is 2.41 bits per heavy atom. The number of nitrogens with zero attached hydrogens (tertiary/aromatic N) is 2. The Bertz CT molecular complexity index is 374. The van der Waals surface area contributed by atoms with Crippen LogP contribution in [0, 0.1) is 0 Å². The van der Waals surface area contributed by atoms with E-state index >= 15 is 0 Å². The lowest BCUT2D eigenvalue weighted by Crippen LogP contribution is -2.42. The lowest BCUT2D eigenvalue weighted by atomic mass is 9.79. The van der Waals surface area contributed by atoms with E-state index in [1.165, 1.54) is 0 Å². The van der Waals surface area contributed by atoms with Crippen LogP contribution in [0.2, 0.25) is 0 Å². The summed E-state index contributed by atoms with van der Waals surface area (Å²) in [6.07, 6.45) is 6.19. The van der Waals surface area contributed by atoms with Crippen LogP contribution in [-0.2, 0) is 6.42 Å². The molecule has 0 amide bonds. The molecular formula is C13H23N3O. The highest BCUT2D eigenvalue weighted by atomic mass is 16.3. The fourth-order valence-corrected chi connectivity index (χ4v) is 2.64. The molecule has 4 nitrogen and oxygen atoms in total. The number of rotatable bonds is 3. The smallest absolute Gasteiger partial charge is 0.0718 e. The number of hydrogen-bond acceptors (Lipinski definition) is 3. The molecule has 0 spiro atoms. The van der Waals surface area contributed by atoms with Crippen LogP contribution in [-0.4, -0.2) is 26.5 Å². The zero-order valence-electron chi connectivity index (χ0n) is 10.8. The molecule has 2 rings (SSSR count). The van der Waals surface area contributed by atoms with Crippen molar-refractivity contribution in [3.63, 3.8) is 0 Å². The van der Waals surface area contributed by atoms with E-state index in [1.54, 1.807) is 0 Å². The van der Waals surface area contributed by atoms with Crippen LogP contribution < -0.4 is 5.73 Å². The summed E-state index contributed by atoms with van der Waals surface area (Å²) < 4.78 is 1.93. The van der Waals surface area contributed by atoms with E-state index in [1.807, 2.05) is 16.9 Å². The Hall–Kier alpha value is -0.870. The molecule has 1 fully saturated rings. The van der Waals surface area contributed by atoms with Gasteiger partial charge in [0.25, 0.3) is 0 Å². The van der Waals surface area contributed by atoms with E-state index in [0.29, 0.717) is 18.9 Å². The Morgan fingerprint density at radius 1 is 1.65 bits per heavy atom. The van der Waals surface area contributed by atoms with Crippen molar-refractivity contribution in [3.8, 4) is 0 Å². The molecule has 1 aliphatic rings. The quantitative estimate of drug-likeness (QED) is 0.840. The second-order valence-corrected chi connectivity index (χ2v) is 5.64. The van der Waals surface area contributed by atoms with Gasteiger partial charge in [0, 0.05) is 24.7 Å².